The van der Waals surface area contributed by atoms with Gasteiger partial charge < -0.3 is 0 Å². The van der Waals surface area contributed by atoms with Crippen molar-refractivity contribution in [3.63, 3.8) is 0 Å². The van der Waals surface area contributed by atoms with Crippen LogP contribution < -0.4 is 21.7 Å². The van der Waals surface area contributed by atoms with E-state index in [2.05, 4.69) is 0 Å². The Morgan fingerprint density at radius 2 is 1.17 bits per heavy atom. The van der Waals surface area contributed by atoms with Crippen molar-refractivity contribution in [1.29, 1.82) is 0 Å². The van der Waals surface area contributed by atoms with Gasteiger partial charge in [0.1, 0.15) is 0 Å². The quantitative estimate of drug-likeness (QED) is 0.311. The number of nitrogens with one attached hydrogen (secondary N) is 4. The van der Waals surface area contributed by atoms with Gasteiger partial charge in [-0.15, -0.1) is 9.81 Å². The Morgan fingerprint density at radius 1 is 0.833 bits per heavy atom. The van der Waals surface area contributed by atoms with Crippen molar-refractivity contribution in [3.8, 4) is 0 Å². The predicted octanol–water partition coefficient (Wildman–Crippen LogP) is -1.14. The number of nitrogens with zero attached hydrogens (tertiary/aromatic N) is 2. The first-order chi connectivity index (χ1) is 5.70. The largest absolute Gasteiger partial charge is 0.356 e. The Kier molecular flexibility index (Phi) is 4.48. The molecule has 0 aliphatic rings. The maximum Gasteiger partial charge on any atom is 0.356 e. The molecule has 66 valence electrons. The number of urea groups is 2. The second kappa shape index (κ2) is 5.52. The molecule has 0 spiro atoms. The SMILES string of the molecule is O=NNC(=O)NNC(=O)NN=O. The van der Waals surface area contributed by atoms with Crippen LogP contribution in [0.25, 0.3) is 0 Å². The van der Waals surface area contributed by atoms with Crippen molar-refractivity contribution in [1.82, 2.24) is 21.7 Å². The second-order valence-electron chi connectivity index (χ2n) is 1.31. The molecule has 0 heterocycles. The zero-order valence-electron chi connectivity index (χ0n) is 5.53. The van der Waals surface area contributed by atoms with E-state index in [-0.39, 0.29) is 0 Å². The molecule has 0 radical (unpaired) electrons. The molecule has 0 aliphatic carbocycles. The molecule has 0 aromatic carbocycles. The van der Waals surface area contributed by atoms with Crippen molar-refractivity contribution >= 4 is 12.1 Å². The molecule has 0 rings (SSSR count). The zero-order valence-corrected chi connectivity index (χ0v) is 5.53. The highest BCUT2D eigenvalue weighted by atomic mass is 16.3. The highest BCUT2D eigenvalue weighted by Gasteiger charge is 2.01. The number of rotatable bonds is 2. The molecule has 4 amide bonds. The van der Waals surface area contributed by atoms with Crippen LogP contribution in [0.4, 0.5) is 9.59 Å². The van der Waals surface area contributed by atoms with E-state index in [4.69, 9.17) is 0 Å². The Morgan fingerprint density at radius 3 is 1.42 bits per heavy atom. The lowest BCUT2D eigenvalue weighted by Crippen LogP contribution is -2.48. The topological polar surface area (TPSA) is 141 Å². The van der Waals surface area contributed by atoms with Crippen LogP contribution in [0.1, 0.15) is 0 Å². The van der Waals surface area contributed by atoms with Crippen molar-refractivity contribution in [2.24, 2.45) is 10.6 Å². The summed E-state index contributed by atoms with van der Waals surface area (Å²) in [6.07, 6.45) is 0. The summed E-state index contributed by atoms with van der Waals surface area (Å²) in [5.74, 6) is 0. The van der Waals surface area contributed by atoms with E-state index in [9.17, 15) is 19.4 Å². The first-order valence-electron chi connectivity index (χ1n) is 2.47. The lowest BCUT2D eigenvalue weighted by Gasteiger charge is -2.01. The fourth-order valence-corrected chi connectivity index (χ4v) is 0.252. The molecule has 0 fully saturated rings. The third kappa shape index (κ3) is 4.60. The summed E-state index contributed by atoms with van der Waals surface area (Å²) >= 11 is 0. The first-order valence-corrected chi connectivity index (χ1v) is 2.47. The van der Waals surface area contributed by atoms with Gasteiger partial charge in [-0.2, -0.15) is 10.9 Å². The van der Waals surface area contributed by atoms with Crippen molar-refractivity contribution < 1.29 is 9.59 Å². The number of amides is 4. The van der Waals surface area contributed by atoms with Gasteiger partial charge in [-0.05, 0) is 0 Å². The molecule has 12 heavy (non-hydrogen) atoms. The molecular formula is C2H4N6O4. The second-order valence-corrected chi connectivity index (χ2v) is 1.31. The van der Waals surface area contributed by atoms with Crippen LogP contribution in [0, 0.1) is 9.81 Å². The fraction of sp³-hybridized carbons (Fsp3) is 0. The molecule has 0 atom stereocenters. The predicted molar refractivity (Wildman–Crippen MR) is 34.9 cm³/mol. The number of hydrazine groups is 1. The van der Waals surface area contributed by atoms with Gasteiger partial charge in [0.25, 0.3) is 0 Å². The number of carbonyl (C=O) groups excluding carboxylic acids is 2. The summed E-state index contributed by atoms with van der Waals surface area (Å²) in [5, 5.41) is 3.98. The van der Waals surface area contributed by atoms with Crippen LogP contribution in [0.5, 0.6) is 0 Å². The number of carbonyl (C=O) groups is 2. The van der Waals surface area contributed by atoms with E-state index in [0.29, 0.717) is 0 Å². The summed E-state index contributed by atoms with van der Waals surface area (Å²) in [6.45, 7) is 0. The average Bonchev–Trinajstić information content (AvgIpc) is 2.02. The zero-order chi connectivity index (χ0) is 9.40. The number of hydrogen-bond donors (Lipinski definition) is 4. The van der Waals surface area contributed by atoms with Crippen molar-refractivity contribution in [2.75, 3.05) is 0 Å². The number of nitroso groups, excluding NO2 is 2. The molecule has 4 N–H and O–H groups in total. The molecular weight excluding hydrogens is 172 g/mol. The standard InChI is InChI=1S/C2H4N6O4/c9-1(5-7-11)3-4-2(10)6-8-12/h(H2,3,5,9,11)(H2,4,6,10,12). The fourth-order valence-electron chi connectivity index (χ4n) is 0.252. The molecule has 0 aromatic rings. The maximum atomic E-state index is 10.3. The monoisotopic (exact) mass is 176 g/mol. The van der Waals surface area contributed by atoms with Crippen molar-refractivity contribution in [2.45, 2.75) is 0 Å². The molecule has 0 unspecified atom stereocenters. The van der Waals surface area contributed by atoms with Crippen LogP contribution in [-0.4, -0.2) is 12.1 Å². The highest BCUT2D eigenvalue weighted by molar-refractivity contribution is 5.79. The van der Waals surface area contributed by atoms with Gasteiger partial charge in [-0.3, -0.25) is 0 Å². The lowest BCUT2D eigenvalue weighted by atomic mass is 11.0. The van der Waals surface area contributed by atoms with Gasteiger partial charge in [0.2, 0.25) is 0 Å². The third-order valence-corrected chi connectivity index (χ3v) is 0.584. The van der Waals surface area contributed by atoms with E-state index in [0.717, 1.165) is 0 Å². The van der Waals surface area contributed by atoms with E-state index in [1.807, 2.05) is 10.6 Å². The minimum atomic E-state index is -1.05. The molecule has 0 aliphatic heterocycles. The highest BCUT2D eigenvalue weighted by Crippen LogP contribution is 1.62. The minimum Gasteiger partial charge on any atom is -0.246 e. The molecule has 10 nitrogen and oxygen atoms in total. The first kappa shape index (κ1) is 9.74. The van der Waals surface area contributed by atoms with Gasteiger partial charge in [-0.25, -0.2) is 20.4 Å². The van der Waals surface area contributed by atoms with Crippen LogP contribution in [-0.2, 0) is 0 Å². The smallest absolute Gasteiger partial charge is 0.246 e. The molecule has 0 saturated heterocycles. The van der Waals surface area contributed by atoms with E-state index in [1.54, 1.807) is 10.9 Å². The lowest BCUT2D eigenvalue weighted by molar-refractivity contribution is 0.224. The van der Waals surface area contributed by atoms with Gasteiger partial charge in [0.15, 0.2) is 0 Å². The summed E-state index contributed by atoms with van der Waals surface area (Å²) in [7, 11) is 0. The number of hydrogen-bond acceptors (Lipinski definition) is 6. The molecule has 0 aromatic heterocycles. The normalized spacial score (nSPS) is 7.67. The third-order valence-electron chi connectivity index (χ3n) is 0.584. The Hall–Kier alpha value is -2.26. The van der Waals surface area contributed by atoms with Crippen LogP contribution in [0.3, 0.4) is 0 Å². The van der Waals surface area contributed by atoms with E-state index in [1.165, 1.54) is 10.9 Å². The van der Waals surface area contributed by atoms with Gasteiger partial charge in [0.05, 0.1) is 10.6 Å². The van der Waals surface area contributed by atoms with Gasteiger partial charge in [-0.1, -0.05) is 0 Å². The average molecular weight is 176 g/mol. The van der Waals surface area contributed by atoms with E-state index < -0.39 is 12.1 Å². The Labute approximate surface area is 64.9 Å². The molecule has 0 saturated carbocycles. The van der Waals surface area contributed by atoms with Gasteiger partial charge in [0, 0.05) is 0 Å². The Bertz CT molecular complexity index is 180. The Balaban J connectivity index is 3.53. The van der Waals surface area contributed by atoms with Crippen LogP contribution >= 0.6 is 0 Å². The minimum absolute atomic E-state index is 1.05. The van der Waals surface area contributed by atoms with E-state index >= 15 is 0 Å². The molecule has 10 heteroatoms. The summed E-state index contributed by atoms with van der Waals surface area (Å²) in [6, 6.07) is -2.10. The van der Waals surface area contributed by atoms with Crippen LogP contribution in [0.15, 0.2) is 10.6 Å². The molecule has 0 bridgehead atoms. The van der Waals surface area contributed by atoms with Gasteiger partial charge >= 0.3 is 12.1 Å². The summed E-state index contributed by atoms with van der Waals surface area (Å²) in [5.41, 5.74) is 6.15. The van der Waals surface area contributed by atoms with Crippen molar-refractivity contribution in [3.05, 3.63) is 9.81 Å². The summed E-state index contributed by atoms with van der Waals surface area (Å²) in [4.78, 5) is 39.3. The summed E-state index contributed by atoms with van der Waals surface area (Å²) < 4.78 is 0. The van der Waals surface area contributed by atoms with Crippen LogP contribution in [0.2, 0.25) is 0 Å². The maximum absolute atomic E-state index is 10.3.